The van der Waals surface area contributed by atoms with Gasteiger partial charge in [0.25, 0.3) is 0 Å². The lowest BCUT2D eigenvalue weighted by Gasteiger charge is -2.15. The molecule has 8 heteroatoms. The molecule has 0 saturated carbocycles. The van der Waals surface area contributed by atoms with Gasteiger partial charge in [-0.15, -0.1) is 0 Å². The van der Waals surface area contributed by atoms with Crippen molar-refractivity contribution in [1.82, 2.24) is 9.29 Å². The molecule has 17 heavy (non-hydrogen) atoms. The van der Waals surface area contributed by atoms with Gasteiger partial charge in [0.05, 0.1) is 6.42 Å². The summed E-state index contributed by atoms with van der Waals surface area (Å²) >= 11 is 3.13. The Kier molecular flexibility index (Phi) is 4.61. The van der Waals surface area contributed by atoms with Crippen molar-refractivity contribution < 1.29 is 18.3 Å². The number of aliphatic carboxylic acids is 1. The largest absolute Gasteiger partial charge is 0.481 e. The van der Waals surface area contributed by atoms with Gasteiger partial charge in [0.15, 0.2) is 0 Å². The highest BCUT2D eigenvalue weighted by Crippen LogP contribution is 2.17. The van der Waals surface area contributed by atoms with Crippen LogP contribution in [0.25, 0.3) is 0 Å². The van der Waals surface area contributed by atoms with E-state index in [1.165, 1.54) is 25.5 Å². The first-order chi connectivity index (χ1) is 7.84. The fourth-order valence-electron chi connectivity index (χ4n) is 1.09. The van der Waals surface area contributed by atoms with E-state index in [1.54, 1.807) is 0 Å². The summed E-state index contributed by atoms with van der Waals surface area (Å²) in [5, 5.41) is 8.50. The number of aromatic nitrogens is 1. The van der Waals surface area contributed by atoms with Gasteiger partial charge in [-0.2, -0.15) is 0 Å². The molecule has 0 bridgehead atoms. The Bertz CT molecular complexity index is 517. The molecule has 0 aromatic carbocycles. The molecule has 1 N–H and O–H groups in total. The van der Waals surface area contributed by atoms with Crippen LogP contribution in [0.5, 0.6) is 0 Å². The Labute approximate surface area is 107 Å². The van der Waals surface area contributed by atoms with Gasteiger partial charge >= 0.3 is 5.97 Å². The van der Waals surface area contributed by atoms with Crippen LogP contribution < -0.4 is 0 Å². The smallest absolute Gasteiger partial charge is 0.304 e. The Balaban J connectivity index is 2.91. The van der Waals surface area contributed by atoms with Crippen LogP contribution in [0, 0.1) is 0 Å². The van der Waals surface area contributed by atoms with Crippen LogP contribution in [0.3, 0.4) is 0 Å². The molecule has 1 aromatic rings. The third-order valence-electron chi connectivity index (χ3n) is 2.03. The topological polar surface area (TPSA) is 87.6 Å². The molecular weight excluding hydrogens is 312 g/mol. The lowest BCUT2D eigenvalue weighted by Crippen LogP contribution is -2.29. The molecule has 0 spiro atoms. The summed E-state index contributed by atoms with van der Waals surface area (Å²) in [4.78, 5) is 14.2. The summed E-state index contributed by atoms with van der Waals surface area (Å²) in [6, 6.07) is 1.42. The molecule has 6 nitrogen and oxygen atoms in total. The predicted octanol–water partition coefficient (Wildman–Crippen LogP) is 0.939. The lowest BCUT2D eigenvalue weighted by atomic mass is 10.4. The standard InChI is InChI=1S/C9H11BrN2O4S/c1-12(3-2-9(13)14)17(15,16)8-4-7(10)5-11-6-8/h4-6H,2-3H2,1H3,(H,13,14). The van der Waals surface area contributed by atoms with Gasteiger partial charge in [0, 0.05) is 30.5 Å². The van der Waals surface area contributed by atoms with Gasteiger partial charge in [-0.1, -0.05) is 0 Å². The summed E-state index contributed by atoms with van der Waals surface area (Å²) in [5.41, 5.74) is 0. The fourth-order valence-corrected chi connectivity index (χ4v) is 2.76. The summed E-state index contributed by atoms with van der Waals surface area (Å²) in [5.74, 6) is -1.04. The molecule has 1 aromatic heterocycles. The third-order valence-corrected chi connectivity index (χ3v) is 4.28. The molecule has 94 valence electrons. The number of carboxylic acid groups (broad SMARTS) is 1. The Hall–Kier alpha value is -0.990. The number of halogens is 1. The van der Waals surface area contributed by atoms with Crippen molar-refractivity contribution in [3.63, 3.8) is 0 Å². The number of carbonyl (C=O) groups is 1. The zero-order valence-electron chi connectivity index (χ0n) is 9.00. The third kappa shape index (κ3) is 3.76. The fraction of sp³-hybridized carbons (Fsp3) is 0.333. The molecule has 0 aliphatic carbocycles. The number of sulfonamides is 1. The maximum absolute atomic E-state index is 12.0. The minimum atomic E-state index is -3.68. The first kappa shape index (κ1) is 14.1. The van der Waals surface area contributed by atoms with E-state index in [-0.39, 0.29) is 17.9 Å². The van der Waals surface area contributed by atoms with Crippen molar-refractivity contribution in [2.75, 3.05) is 13.6 Å². The number of rotatable bonds is 5. The summed E-state index contributed by atoms with van der Waals surface area (Å²) in [7, 11) is -2.35. The second-order valence-corrected chi connectivity index (χ2v) is 6.27. The van der Waals surface area contributed by atoms with Crippen LogP contribution in [0.15, 0.2) is 27.8 Å². The molecule has 0 amide bonds. The van der Waals surface area contributed by atoms with E-state index >= 15 is 0 Å². The summed E-state index contributed by atoms with van der Waals surface area (Å²) in [6.07, 6.45) is 2.45. The SMILES string of the molecule is CN(CCC(=O)O)S(=O)(=O)c1cncc(Br)c1. The molecule has 1 heterocycles. The van der Waals surface area contributed by atoms with E-state index in [4.69, 9.17) is 5.11 Å². The number of nitrogens with zero attached hydrogens (tertiary/aromatic N) is 2. The average molecular weight is 323 g/mol. The minimum Gasteiger partial charge on any atom is -0.481 e. The second kappa shape index (κ2) is 5.56. The van der Waals surface area contributed by atoms with Gasteiger partial charge in [-0.05, 0) is 22.0 Å². The molecule has 0 atom stereocenters. The predicted molar refractivity (Wildman–Crippen MR) is 64.0 cm³/mol. The molecule has 0 aliphatic rings. The molecular formula is C9H11BrN2O4S. The molecule has 0 saturated heterocycles. The zero-order valence-corrected chi connectivity index (χ0v) is 11.4. The van der Waals surface area contributed by atoms with Gasteiger partial charge < -0.3 is 5.11 Å². The molecule has 0 aliphatic heterocycles. The van der Waals surface area contributed by atoms with Crippen LogP contribution in [0.4, 0.5) is 0 Å². The highest BCUT2D eigenvalue weighted by Gasteiger charge is 2.21. The molecule has 0 unspecified atom stereocenters. The lowest BCUT2D eigenvalue weighted by molar-refractivity contribution is -0.137. The van der Waals surface area contributed by atoms with Crippen molar-refractivity contribution in [2.45, 2.75) is 11.3 Å². The molecule has 0 radical (unpaired) electrons. The number of carboxylic acids is 1. The van der Waals surface area contributed by atoms with E-state index in [9.17, 15) is 13.2 Å². The molecule has 1 rings (SSSR count). The van der Waals surface area contributed by atoms with Crippen molar-refractivity contribution in [2.24, 2.45) is 0 Å². The van der Waals surface area contributed by atoms with Gasteiger partial charge in [-0.3, -0.25) is 9.78 Å². The van der Waals surface area contributed by atoms with Gasteiger partial charge in [-0.25, -0.2) is 12.7 Å². The van der Waals surface area contributed by atoms with Gasteiger partial charge in [0.2, 0.25) is 10.0 Å². The van der Waals surface area contributed by atoms with E-state index in [0.717, 1.165) is 4.31 Å². The van der Waals surface area contributed by atoms with Crippen LogP contribution in [0.1, 0.15) is 6.42 Å². The normalized spacial score (nSPS) is 11.7. The van der Waals surface area contributed by atoms with E-state index in [1.807, 2.05) is 0 Å². The zero-order chi connectivity index (χ0) is 13.1. The average Bonchev–Trinajstić information content (AvgIpc) is 2.25. The Morgan fingerprint density at radius 2 is 2.18 bits per heavy atom. The van der Waals surface area contributed by atoms with Crippen LogP contribution in [-0.4, -0.2) is 42.4 Å². The minimum absolute atomic E-state index is 0.0276. The number of pyridine rings is 1. The van der Waals surface area contributed by atoms with Crippen molar-refractivity contribution in [3.05, 3.63) is 22.9 Å². The quantitative estimate of drug-likeness (QED) is 0.871. The molecule has 0 fully saturated rings. The number of hydrogen-bond donors (Lipinski definition) is 1. The first-order valence-electron chi connectivity index (χ1n) is 4.62. The van der Waals surface area contributed by atoms with Crippen LogP contribution >= 0.6 is 15.9 Å². The Morgan fingerprint density at radius 1 is 1.53 bits per heavy atom. The van der Waals surface area contributed by atoms with Crippen molar-refractivity contribution in [3.8, 4) is 0 Å². The summed E-state index contributed by atoms with van der Waals surface area (Å²) < 4.78 is 25.5. The second-order valence-electron chi connectivity index (χ2n) is 3.31. The number of hydrogen-bond acceptors (Lipinski definition) is 4. The summed E-state index contributed by atoms with van der Waals surface area (Å²) in [6.45, 7) is -0.0792. The van der Waals surface area contributed by atoms with Gasteiger partial charge in [0.1, 0.15) is 4.90 Å². The highest BCUT2D eigenvalue weighted by atomic mass is 79.9. The Morgan fingerprint density at radius 3 is 2.71 bits per heavy atom. The van der Waals surface area contributed by atoms with Crippen LogP contribution in [0.2, 0.25) is 0 Å². The maximum Gasteiger partial charge on any atom is 0.304 e. The maximum atomic E-state index is 12.0. The van der Waals surface area contributed by atoms with E-state index in [0.29, 0.717) is 4.47 Å². The monoisotopic (exact) mass is 322 g/mol. The van der Waals surface area contributed by atoms with Crippen molar-refractivity contribution >= 4 is 31.9 Å². The van der Waals surface area contributed by atoms with E-state index < -0.39 is 16.0 Å². The van der Waals surface area contributed by atoms with E-state index in [2.05, 4.69) is 20.9 Å². The highest BCUT2D eigenvalue weighted by molar-refractivity contribution is 9.10. The van der Waals surface area contributed by atoms with Crippen LogP contribution in [-0.2, 0) is 14.8 Å². The van der Waals surface area contributed by atoms with Crippen molar-refractivity contribution in [1.29, 1.82) is 0 Å². The first-order valence-corrected chi connectivity index (χ1v) is 6.86.